The van der Waals surface area contributed by atoms with Crippen molar-refractivity contribution < 1.29 is 8.42 Å². The maximum absolute atomic E-state index is 11.1. The minimum absolute atomic E-state index is 0.174. The van der Waals surface area contributed by atoms with Gasteiger partial charge in [-0.25, -0.2) is 13.6 Å². The summed E-state index contributed by atoms with van der Waals surface area (Å²) in [6.07, 6.45) is 4.65. The summed E-state index contributed by atoms with van der Waals surface area (Å²) in [5.41, 5.74) is 2.02. The van der Waals surface area contributed by atoms with Crippen molar-refractivity contribution in [2.75, 3.05) is 0 Å². The van der Waals surface area contributed by atoms with Crippen LogP contribution in [0.15, 0.2) is 29.2 Å². The molecule has 0 aromatic heterocycles. The summed E-state index contributed by atoms with van der Waals surface area (Å²) in [7, 11) is -3.59. The van der Waals surface area contributed by atoms with E-state index in [-0.39, 0.29) is 4.90 Å². The lowest BCUT2D eigenvalue weighted by molar-refractivity contribution is 0.597. The largest absolute Gasteiger partial charge is 0.238 e. The second-order valence-corrected chi connectivity index (χ2v) is 4.82. The quantitative estimate of drug-likeness (QED) is 0.854. The second-order valence-electron chi connectivity index (χ2n) is 3.26. The Morgan fingerprint density at radius 1 is 1.40 bits per heavy atom. The van der Waals surface area contributed by atoms with E-state index < -0.39 is 10.0 Å². The Kier molecular flexibility index (Phi) is 3.66. The van der Waals surface area contributed by atoms with Crippen molar-refractivity contribution in [1.82, 2.24) is 0 Å². The molecule has 2 N–H and O–H groups in total. The van der Waals surface area contributed by atoms with Crippen LogP contribution in [0.2, 0.25) is 0 Å². The summed E-state index contributed by atoms with van der Waals surface area (Å²) in [4.78, 5) is 0.174. The first-order valence-corrected chi connectivity index (χ1v) is 6.32. The molecule has 0 unspecified atom stereocenters. The summed E-state index contributed by atoms with van der Waals surface area (Å²) in [5.74, 6) is 0. The van der Waals surface area contributed by atoms with Gasteiger partial charge in [0.05, 0.1) is 4.90 Å². The van der Waals surface area contributed by atoms with Gasteiger partial charge in [0.2, 0.25) is 10.0 Å². The SMILES string of the molecule is C/C=C\c1ccc(S(N)(=O)=O)cc1CC. The molecule has 0 heterocycles. The molecule has 82 valence electrons. The molecule has 0 radical (unpaired) electrons. The van der Waals surface area contributed by atoms with Gasteiger partial charge < -0.3 is 0 Å². The number of primary sulfonamides is 1. The third kappa shape index (κ3) is 2.91. The Hall–Kier alpha value is -1.13. The Morgan fingerprint density at radius 2 is 2.07 bits per heavy atom. The van der Waals surface area contributed by atoms with E-state index in [0.717, 1.165) is 17.5 Å². The molecule has 0 amide bonds. The number of nitrogens with two attached hydrogens (primary N) is 1. The predicted octanol–water partition coefficient (Wildman–Crippen LogP) is 1.93. The highest BCUT2D eigenvalue weighted by molar-refractivity contribution is 7.89. The van der Waals surface area contributed by atoms with E-state index in [9.17, 15) is 8.42 Å². The molecule has 1 aromatic rings. The van der Waals surface area contributed by atoms with Crippen molar-refractivity contribution in [3.05, 3.63) is 35.4 Å². The summed E-state index contributed by atoms with van der Waals surface area (Å²) < 4.78 is 22.3. The van der Waals surface area contributed by atoms with Gasteiger partial charge in [-0.2, -0.15) is 0 Å². The summed E-state index contributed by atoms with van der Waals surface area (Å²) >= 11 is 0. The summed E-state index contributed by atoms with van der Waals surface area (Å²) in [6.45, 7) is 3.91. The Morgan fingerprint density at radius 3 is 2.53 bits per heavy atom. The highest BCUT2D eigenvalue weighted by Crippen LogP contribution is 2.17. The molecule has 1 rings (SSSR count). The summed E-state index contributed by atoms with van der Waals surface area (Å²) in [6, 6.07) is 4.94. The van der Waals surface area contributed by atoms with E-state index in [0.29, 0.717) is 0 Å². The van der Waals surface area contributed by atoms with Crippen LogP contribution in [0, 0.1) is 0 Å². The molecule has 0 atom stereocenters. The number of hydrogen-bond donors (Lipinski definition) is 1. The minimum atomic E-state index is -3.59. The van der Waals surface area contributed by atoms with Crippen LogP contribution in [0.3, 0.4) is 0 Å². The highest BCUT2D eigenvalue weighted by atomic mass is 32.2. The van der Waals surface area contributed by atoms with Crippen molar-refractivity contribution in [3.8, 4) is 0 Å². The Bertz CT molecular complexity index is 475. The fourth-order valence-corrected chi connectivity index (χ4v) is 1.97. The first-order chi connectivity index (χ1) is 6.99. The van der Waals surface area contributed by atoms with Gasteiger partial charge in [-0.05, 0) is 36.6 Å². The molecule has 0 aliphatic carbocycles. The number of aryl methyl sites for hydroxylation is 1. The number of allylic oxidation sites excluding steroid dienone is 1. The van der Waals surface area contributed by atoms with Crippen LogP contribution in [-0.4, -0.2) is 8.42 Å². The zero-order valence-corrected chi connectivity index (χ0v) is 9.71. The van der Waals surface area contributed by atoms with E-state index in [1.54, 1.807) is 12.1 Å². The lowest BCUT2D eigenvalue weighted by Crippen LogP contribution is -2.12. The molecular formula is C11H15NO2S. The van der Waals surface area contributed by atoms with Gasteiger partial charge in [-0.15, -0.1) is 0 Å². The van der Waals surface area contributed by atoms with Gasteiger partial charge >= 0.3 is 0 Å². The molecule has 3 nitrogen and oxygen atoms in total. The van der Waals surface area contributed by atoms with Crippen LogP contribution in [-0.2, 0) is 16.4 Å². The highest BCUT2D eigenvalue weighted by Gasteiger charge is 2.09. The monoisotopic (exact) mass is 225 g/mol. The van der Waals surface area contributed by atoms with Crippen LogP contribution >= 0.6 is 0 Å². The molecule has 0 bridgehead atoms. The predicted molar refractivity (Wildman–Crippen MR) is 61.9 cm³/mol. The van der Waals surface area contributed by atoms with Gasteiger partial charge in [0.15, 0.2) is 0 Å². The fourth-order valence-electron chi connectivity index (χ4n) is 1.41. The number of sulfonamides is 1. The average Bonchev–Trinajstić information content (AvgIpc) is 2.17. The first-order valence-electron chi connectivity index (χ1n) is 4.77. The molecule has 1 aromatic carbocycles. The van der Waals surface area contributed by atoms with Crippen molar-refractivity contribution in [1.29, 1.82) is 0 Å². The maximum atomic E-state index is 11.1. The van der Waals surface area contributed by atoms with Crippen LogP contribution in [0.1, 0.15) is 25.0 Å². The second kappa shape index (κ2) is 4.59. The molecule has 0 aliphatic heterocycles. The zero-order chi connectivity index (χ0) is 11.5. The lowest BCUT2D eigenvalue weighted by atomic mass is 10.1. The smallest absolute Gasteiger partial charge is 0.225 e. The van der Waals surface area contributed by atoms with Gasteiger partial charge in [-0.3, -0.25) is 0 Å². The van der Waals surface area contributed by atoms with Gasteiger partial charge in [0.1, 0.15) is 0 Å². The molecule has 0 aliphatic rings. The summed E-state index contributed by atoms with van der Waals surface area (Å²) in [5, 5.41) is 5.06. The molecule has 0 saturated heterocycles. The first kappa shape index (κ1) is 11.9. The Balaban J connectivity index is 3.31. The van der Waals surface area contributed by atoms with Crippen LogP contribution in [0.5, 0.6) is 0 Å². The average molecular weight is 225 g/mol. The lowest BCUT2D eigenvalue weighted by Gasteiger charge is -2.05. The molecule has 0 saturated carbocycles. The number of hydrogen-bond acceptors (Lipinski definition) is 2. The zero-order valence-electron chi connectivity index (χ0n) is 8.90. The standard InChI is InChI=1S/C11H15NO2S/c1-3-5-10-6-7-11(15(12,13)14)8-9(10)4-2/h3,5-8H,4H2,1-2H3,(H2,12,13,14)/b5-3-. The fraction of sp³-hybridized carbons (Fsp3) is 0.273. The molecular weight excluding hydrogens is 210 g/mol. The van der Waals surface area contributed by atoms with E-state index in [1.165, 1.54) is 6.07 Å². The van der Waals surface area contributed by atoms with Crippen molar-refractivity contribution in [2.45, 2.75) is 25.2 Å². The molecule has 0 spiro atoms. The number of rotatable bonds is 3. The van der Waals surface area contributed by atoms with Gasteiger partial charge in [-0.1, -0.05) is 25.1 Å². The van der Waals surface area contributed by atoms with Crippen LogP contribution in [0.4, 0.5) is 0 Å². The third-order valence-electron chi connectivity index (χ3n) is 2.17. The van der Waals surface area contributed by atoms with E-state index in [2.05, 4.69) is 0 Å². The Labute approximate surface area is 90.7 Å². The van der Waals surface area contributed by atoms with Gasteiger partial charge in [0, 0.05) is 0 Å². The van der Waals surface area contributed by atoms with Crippen molar-refractivity contribution in [3.63, 3.8) is 0 Å². The number of benzene rings is 1. The van der Waals surface area contributed by atoms with Crippen molar-refractivity contribution in [2.24, 2.45) is 5.14 Å². The van der Waals surface area contributed by atoms with Crippen molar-refractivity contribution >= 4 is 16.1 Å². The topological polar surface area (TPSA) is 60.2 Å². The minimum Gasteiger partial charge on any atom is -0.225 e. The van der Waals surface area contributed by atoms with E-state index in [4.69, 9.17) is 5.14 Å². The van der Waals surface area contributed by atoms with Gasteiger partial charge in [0.25, 0.3) is 0 Å². The van der Waals surface area contributed by atoms with E-state index in [1.807, 2.05) is 26.0 Å². The van der Waals surface area contributed by atoms with Crippen LogP contribution < -0.4 is 5.14 Å². The maximum Gasteiger partial charge on any atom is 0.238 e. The molecule has 15 heavy (non-hydrogen) atoms. The molecule has 0 fully saturated rings. The normalized spacial score (nSPS) is 12.2. The molecule has 4 heteroatoms. The third-order valence-corrected chi connectivity index (χ3v) is 3.08. The van der Waals surface area contributed by atoms with Crippen LogP contribution in [0.25, 0.3) is 6.08 Å². The van der Waals surface area contributed by atoms with E-state index >= 15 is 0 Å².